The van der Waals surface area contributed by atoms with Gasteiger partial charge in [0.05, 0.1) is 18.4 Å². The van der Waals surface area contributed by atoms with E-state index in [4.69, 9.17) is 14.6 Å². The number of amides is 1. The van der Waals surface area contributed by atoms with Crippen molar-refractivity contribution >= 4 is 17.6 Å². The Morgan fingerprint density at radius 1 is 1.09 bits per heavy atom. The number of rotatable bonds is 6. The number of hydrogen-bond donors (Lipinski definition) is 2. The summed E-state index contributed by atoms with van der Waals surface area (Å²) >= 11 is 0. The Bertz CT molecular complexity index is 684. The summed E-state index contributed by atoms with van der Waals surface area (Å²) in [5, 5.41) is 11.6. The molecule has 0 aromatic heterocycles. The van der Waals surface area contributed by atoms with Gasteiger partial charge in [0, 0.05) is 6.07 Å². The first-order valence-electron chi connectivity index (χ1n) is 6.49. The molecule has 0 atom stereocenters. The van der Waals surface area contributed by atoms with Crippen LogP contribution in [0.5, 0.6) is 11.5 Å². The molecule has 0 unspecified atom stereocenters. The molecular formula is C16H15NO5. The van der Waals surface area contributed by atoms with Crippen LogP contribution < -0.4 is 14.8 Å². The van der Waals surface area contributed by atoms with Crippen LogP contribution in [0.25, 0.3) is 0 Å². The number of ether oxygens (including phenoxy) is 2. The summed E-state index contributed by atoms with van der Waals surface area (Å²) in [6, 6.07) is 13.0. The molecule has 0 heterocycles. The maximum Gasteiger partial charge on any atom is 0.337 e. The van der Waals surface area contributed by atoms with Crippen molar-refractivity contribution in [3.8, 4) is 11.5 Å². The second-order valence-corrected chi connectivity index (χ2v) is 4.37. The molecule has 0 aliphatic rings. The Kier molecular flexibility index (Phi) is 4.98. The Morgan fingerprint density at radius 2 is 1.82 bits per heavy atom. The van der Waals surface area contributed by atoms with Crippen LogP contribution in [0, 0.1) is 0 Å². The van der Waals surface area contributed by atoms with E-state index in [0.717, 1.165) is 0 Å². The van der Waals surface area contributed by atoms with Crippen LogP contribution in [-0.4, -0.2) is 30.7 Å². The first kappa shape index (κ1) is 15.4. The van der Waals surface area contributed by atoms with E-state index in [1.54, 1.807) is 36.4 Å². The number of carbonyl (C=O) groups is 2. The van der Waals surface area contributed by atoms with Crippen LogP contribution in [0.2, 0.25) is 0 Å². The van der Waals surface area contributed by atoms with Gasteiger partial charge < -0.3 is 19.9 Å². The summed E-state index contributed by atoms with van der Waals surface area (Å²) in [6.07, 6.45) is 0. The number of aromatic carboxylic acids is 1. The number of carboxylic acid groups (broad SMARTS) is 1. The highest BCUT2D eigenvalue weighted by molar-refractivity contribution is 6.00. The van der Waals surface area contributed by atoms with Crippen LogP contribution in [0.3, 0.4) is 0 Å². The summed E-state index contributed by atoms with van der Waals surface area (Å²) < 4.78 is 10.4. The van der Waals surface area contributed by atoms with Crippen LogP contribution in [-0.2, 0) is 4.79 Å². The Morgan fingerprint density at radius 3 is 2.55 bits per heavy atom. The standard InChI is InChI=1S/C16H15NO5/c1-21-11-5-4-6-12(9-11)22-10-15(18)17-14-8-3-2-7-13(14)16(19)20/h2-9H,10H2,1H3,(H,17,18)(H,19,20). The van der Waals surface area contributed by atoms with Crippen LogP contribution >= 0.6 is 0 Å². The van der Waals surface area contributed by atoms with Gasteiger partial charge in [-0.15, -0.1) is 0 Å². The summed E-state index contributed by atoms with van der Waals surface area (Å²) in [4.78, 5) is 22.9. The zero-order valence-corrected chi connectivity index (χ0v) is 11.9. The van der Waals surface area contributed by atoms with Crippen molar-refractivity contribution in [2.45, 2.75) is 0 Å². The van der Waals surface area contributed by atoms with Crippen LogP contribution in [0.4, 0.5) is 5.69 Å². The van der Waals surface area contributed by atoms with Gasteiger partial charge in [0.15, 0.2) is 6.61 Å². The Hall–Kier alpha value is -3.02. The molecule has 0 bridgehead atoms. The predicted molar refractivity (Wildman–Crippen MR) is 80.5 cm³/mol. The van der Waals surface area contributed by atoms with E-state index < -0.39 is 11.9 Å². The number of anilines is 1. The fraction of sp³-hybridized carbons (Fsp3) is 0.125. The van der Waals surface area contributed by atoms with E-state index >= 15 is 0 Å². The average Bonchev–Trinajstić information content (AvgIpc) is 2.53. The molecule has 22 heavy (non-hydrogen) atoms. The lowest BCUT2D eigenvalue weighted by Gasteiger charge is -2.10. The van der Waals surface area contributed by atoms with Gasteiger partial charge in [-0.3, -0.25) is 4.79 Å². The molecule has 0 saturated heterocycles. The molecule has 0 aliphatic heterocycles. The van der Waals surface area contributed by atoms with E-state index in [2.05, 4.69) is 5.32 Å². The van der Waals surface area contributed by atoms with Crippen LogP contribution in [0.15, 0.2) is 48.5 Å². The zero-order valence-electron chi connectivity index (χ0n) is 11.9. The highest BCUT2D eigenvalue weighted by Gasteiger charge is 2.12. The lowest BCUT2D eigenvalue weighted by atomic mass is 10.2. The monoisotopic (exact) mass is 301 g/mol. The van der Waals surface area contributed by atoms with Gasteiger partial charge in [-0.2, -0.15) is 0 Å². The lowest BCUT2D eigenvalue weighted by Crippen LogP contribution is -2.21. The third kappa shape index (κ3) is 3.99. The maximum absolute atomic E-state index is 11.9. The molecule has 114 valence electrons. The van der Waals surface area contributed by atoms with Crippen LogP contribution in [0.1, 0.15) is 10.4 Å². The highest BCUT2D eigenvalue weighted by atomic mass is 16.5. The number of methoxy groups -OCH3 is 1. The molecule has 2 aromatic rings. The molecule has 0 fully saturated rings. The van der Waals surface area contributed by atoms with Gasteiger partial charge in [0.25, 0.3) is 5.91 Å². The van der Waals surface area contributed by atoms with Crippen molar-refractivity contribution in [2.24, 2.45) is 0 Å². The fourth-order valence-corrected chi connectivity index (χ4v) is 1.80. The van der Waals surface area contributed by atoms with Crippen molar-refractivity contribution in [2.75, 3.05) is 19.0 Å². The summed E-state index contributed by atoms with van der Waals surface area (Å²) in [5.41, 5.74) is 0.256. The SMILES string of the molecule is COc1cccc(OCC(=O)Nc2ccccc2C(=O)O)c1. The molecule has 6 heteroatoms. The maximum atomic E-state index is 11.9. The zero-order chi connectivity index (χ0) is 15.9. The number of carboxylic acids is 1. The topological polar surface area (TPSA) is 84.9 Å². The fourth-order valence-electron chi connectivity index (χ4n) is 1.80. The van der Waals surface area contributed by atoms with Gasteiger partial charge in [0.2, 0.25) is 0 Å². The minimum absolute atomic E-state index is 0.0252. The molecule has 2 N–H and O–H groups in total. The number of hydrogen-bond acceptors (Lipinski definition) is 4. The predicted octanol–water partition coefficient (Wildman–Crippen LogP) is 2.41. The molecule has 0 aliphatic carbocycles. The highest BCUT2D eigenvalue weighted by Crippen LogP contribution is 2.19. The van der Waals surface area contributed by atoms with E-state index in [1.165, 1.54) is 19.2 Å². The first-order chi connectivity index (χ1) is 10.6. The van der Waals surface area contributed by atoms with Gasteiger partial charge in [-0.1, -0.05) is 18.2 Å². The minimum Gasteiger partial charge on any atom is -0.497 e. The largest absolute Gasteiger partial charge is 0.497 e. The molecule has 2 rings (SSSR count). The molecule has 1 amide bonds. The lowest BCUT2D eigenvalue weighted by molar-refractivity contribution is -0.118. The third-order valence-electron chi connectivity index (χ3n) is 2.84. The van der Waals surface area contributed by atoms with E-state index in [1.807, 2.05) is 0 Å². The second kappa shape index (κ2) is 7.12. The van der Waals surface area contributed by atoms with Crippen molar-refractivity contribution in [1.82, 2.24) is 0 Å². The van der Waals surface area contributed by atoms with Crippen molar-refractivity contribution in [3.63, 3.8) is 0 Å². The molecule has 2 aromatic carbocycles. The Balaban J connectivity index is 1.97. The molecular weight excluding hydrogens is 286 g/mol. The smallest absolute Gasteiger partial charge is 0.337 e. The molecule has 6 nitrogen and oxygen atoms in total. The van der Waals surface area contributed by atoms with Crippen molar-refractivity contribution in [3.05, 3.63) is 54.1 Å². The summed E-state index contributed by atoms with van der Waals surface area (Å²) in [7, 11) is 1.54. The molecule has 0 saturated carbocycles. The average molecular weight is 301 g/mol. The van der Waals surface area contributed by atoms with E-state index in [9.17, 15) is 9.59 Å². The van der Waals surface area contributed by atoms with Crippen molar-refractivity contribution in [1.29, 1.82) is 0 Å². The molecule has 0 spiro atoms. The van der Waals surface area contributed by atoms with Gasteiger partial charge in [-0.25, -0.2) is 4.79 Å². The quantitative estimate of drug-likeness (QED) is 0.856. The number of para-hydroxylation sites is 1. The van der Waals surface area contributed by atoms with E-state index in [-0.39, 0.29) is 17.9 Å². The summed E-state index contributed by atoms with van der Waals surface area (Å²) in [6.45, 7) is -0.235. The van der Waals surface area contributed by atoms with E-state index in [0.29, 0.717) is 11.5 Å². The summed E-state index contributed by atoms with van der Waals surface area (Å²) in [5.74, 6) is -0.448. The number of nitrogens with one attached hydrogen (secondary N) is 1. The van der Waals surface area contributed by atoms with Gasteiger partial charge in [-0.05, 0) is 24.3 Å². The van der Waals surface area contributed by atoms with Gasteiger partial charge in [0.1, 0.15) is 11.5 Å². The van der Waals surface area contributed by atoms with Crippen molar-refractivity contribution < 1.29 is 24.2 Å². The number of carbonyl (C=O) groups excluding carboxylic acids is 1. The minimum atomic E-state index is -1.11. The van der Waals surface area contributed by atoms with Gasteiger partial charge >= 0.3 is 5.97 Å². The number of benzene rings is 2. The normalized spacial score (nSPS) is 9.86. The second-order valence-electron chi connectivity index (χ2n) is 4.37. The Labute approximate surface area is 127 Å². The molecule has 0 radical (unpaired) electrons. The third-order valence-corrected chi connectivity index (χ3v) is 2.84. The first-order valence-corrected chi connectivity index (χ1v) is 6.49.